The molecule has 2 heterocycles. The molecule has 3 rings (SSSR count). The third-order valence-corrected chi connectivity index (χ3v) is 2.62. The number of hydrogen-bond donors (Lipinski definition) is 0. The zero-order valence-corrected chi connectivity index (χ0v) is 8.74. The van der Waals surface area contributed by atoms with Crippen LogP contribution >= 0.6 is 0 Å². The van der Waals surface area contributed by atoms with E-state index in [1.165, 1.54) is 0 Å². The molecule has 0 unspecified atom stereocenters. The van der Waals surface area contributed by atoms with Crippen molar-refractivity contribution in [1.29, 1.82) is 0 Å². The second kappa shape index (κ2) is 3.77. The molecule has 0 amide bonds. The van der Waals surface area contributed by atoms with Gasteiger partial charge in [-0.15, -0.1) is 0 Å². The zero-order valence-electron chi connectivity index (χ0n) is 8.74. The third-order valence-electron chi connectivity index (χ3n) is 2.62. The first kappa shape index (κ1) is 9.09. The van der Waals surface area contributed by atoms with Crippen LogP contribution in [0.5, 0.6) is 0 Å². The van der Waals surface area contributed by atoms with Crippen LogP contribution in [0.4, 0.5) is 11.5 Å². The average molecular weight is 209 g/mol. The number of nitrogens with zero attached hydrogens (tertiary/aromatic N) is 3. The smallest absolute Gasteiger partial charge is 0.158 e. The number of rotatable bonds is 1. The Kier molecular flexibility index (Phi) is 2.14. The molecule has 0 bridgehead atoms. The molecule has 1 aromatic heterocycles. The van der Waals surface area contributed by atoms with E-state index in [2.05, 4.69) is 33.1 Å². The van der Waals surface area contributed by atoms with Gasteiger partial charge in [0.15, 0.2) is 5.82 Å². The van der Waals surface area contributed by atoms with Crippen LogP contribution in [-0.2, 0) is 6.54 Å². The standard InChI is InChI=1S/C13H11N3/c1-2-6-12(7-3-1)16-9-11-5-4-8-14-13(11)15-10-16/h1-8,10H,9H2. The Morgan fingerprint density at radius 3 is 2.75 bits per heavy atom. The molecule has 1 aliphatic rings. The lowest BCUT2D eigenvalue weighted by Crippen LogP contribution is -2.23. The van der Waals surface area contributed by atoms with Crippen molar-refractivity contribution in [2.45, 2.75) is 6.54 Å². The quantitative estimate of drug-likeness (QED) is 0.722. The Hall–Kier alpha value is -2.16. The number of fused-ring (bicyclic) bond motifs is 1. The molecular weight excluding hydrogens is 198 g/mol. The molecule has 0 N–H and O–H groups in total. The summed E-state index contributed by atoms with van der Waals surface area (Å²) in [6, 6.07) is 14.2. The molecule has 16 heavy (non-hydrogen) atoms. The number of anilines is 1. The molecule has 1 aromatic carbocycles. The zero-order chi connectivity index (χ0) is 10.8. The predicted octanol–water partition coefficient (Wildman–Crippen LogP) is 2.76. The highest BCUT2D eigenvalue weighted by Crippen LogP contribution is 2.24. The summed E-state index contributed by atoms with van der Waals surface area (Å²) in [5, 5.41) is 0. The molecule has 1 aliphatic heterocycles. The molecule has 3 nitrogen and oxygen atoms in total. The van der Waals surface area contributed by atoms with Crippen LogP contribution in [0, 0.1) is 0 Å². The van der Waals surface area contributed by atoms with Crippen molar-refractivity contribution >= 4 is 17.8 Å². The van der Waals surface area contributed by atoms with E-state index in [9.17, 15) is 0 Å². The molecule has 0 atom stereocenters. The van der Waals surface area contributed by atoms with Gasteiger partial charge in [-0.25, -0.2) is 9.98 Å². The van der Waals surface area contributed by atoms with E-state index < -0.39 is 0 Å². The molecule has 3 heteroatoms. The van der Waals surface area contributed by atoms with Crippen molar-refractivity contribution in [3.8, 4) is 0 Å². The van der Waals surface area contributed by atoms with E-state index in [0.717, 1.165) is 23.6 Å². The van der Waals surface area contributed by atoms with Gasteiger partial charge in [0.2, 0.25) is 0 Å². The number of benzene rings is 1. The van der Waals surface area contributed by atoms with Crippen LogP contribution in [0.15, 0.2) is 53.7 Å². The minimum Gasteiger partial charge on any atom is -0.328 e. The van der Waals surface area contributed by atoms with Crippen LogP contribution < -0.4 is 4.90 Å². The fourth-order valence-corrected chi connectivity index (χ4v) is 1.80. The summed E-state index contributed by atoms with van der Waals surface area (Å²) in [4.78, 5) is 10.7. The van der Waals surface area contributed by atoms with Crippen molar-refractivity contribution in [3.63, 3.8) is 0 Å². The Labute approximate surface area is 94.1 Å². The summed E-state index contributed by atoms with van der Waals surface area (Å²) < 4.78 is 0. The van der Waals surface area contributed by atoms with Gasteiger partial charge < -0.3 is 4.90 Å². The third kappa shape index (κ3) is 1.56. The molecule has 0 saturated heterocycles. The summed E-state index contributed by atoms with van der Waals surface area (Å²) in [5.41, 5.74) is 2.31. The molecular formula is C13H11N3. The minimum absolute atomic E-state index is 0.828. The van der Waals surface area contributed by atoms with E-state index in [1.54, 1.807) is 6.20 Å². The number of aromatic nitrogens is 1. The summed E-state index contributed by atoms with van der Waals surface area (Å²) in [7, 11) is 0. The van der Waals surface area contributed by atoms with Crippen molar-refractivity contribution in [1.82, 2.24) is 4.98 Å². The normalized spacial score (nSPS) is 13.6. The van der Waals surface area contributed by atoms with Crippen LogP contribution in [0.1, 0.15) is 5.56 Å². The highest BCUT2D eigenvalue weighted by atomic mass is 15.2. The molecule has 0 saturated carbocycles. The molecule has 78 valence electrons. The molecule has 0 aliphatic carbocycles. The molecule has 0 radical (unpaired) electrons. The first-order valence-electron chi connectivity index (χ1n) is 5.23. The minimum atomic E-state index is 0.828. The fraction of sp³-hybridized carbons (Fsp3) is 0.0769. The lowest BCUT2D eigenvalue weighted by atomic mass is 10.2. The van der Waals surface area contributed by atoms with E-state index in [-0.39, 0.29) is 0 Å². The van der Waals surface area contributed by atoms with Crippen molar-refractivity contribution in [2.75, 3.05) is 4.90 Å². The van der Waals surface area contributed by atoms with Gasteiger partial charge in [0.25, 0.3) is 0 Å². The van der Waals surface area contributed by atoms with Crippen LogP contribution in [-0.4, -0.2) is 11.3 Å². The van der Waals surface area contributed by atoms with Crippen molar-refractivity contribution < 1.29 is 0 Å². The fourth-order valence-electron chi connectivity index (χ4n) is 1.80. The van der Waals surface area contributed by atoms with Crippen LogP contribution in [0.25, 0.3) is 0 Å². The number of aliphatic imine (C=N–C) groups is 1. The van der Waals surface area contributed by atoms with Crippen LogP contribution in [0.2, 0.25) is 0 Å². The Morgan fingerprint density at radius 1 is 1.00 bits per heavy atom. The van der Waals surface area contributed by atoms with E-state index in [0.29, 0.717) is 0 Å². The summed E-state index contributed by atoms with van der Waals surface area (Å²) in [6.45, 7) is 0.830. The SMILES string of the molecule is C1=Nc2ncccc2CN1c1ccccc1. The number of hydrogen-bond acceptors (Lipinski definition) is 3. The van der Waals surface area contributed by atoms with Gasteiger partial charge in [-0.2, -0.15) is 0 Å². The van der Waals surface area contributed by atoms with Crippen molar-refractivity contribution in [2.24, 2.45) is 4.99 Å². The Balaban J connectivity index is 1.95. The maximum absolute atomic E-state index is 4.34. The van der Waals surface area contributed by atoms with Gasteiger partial charge in [-0.05, 0) is 18.2 Å². The number of pyridine rings is 1. The second-order valence-corrected chi connectivity index (χ2v) is 3.69. The topological polar surface area (TPSA) is 28.5 Å². The summed E-state index contributed by atoms with van der Waals surface area (Å²) >= 11 is 0. The maximum Gasteiger partial charge on any atom is 0.158 e. The summed E-state index contributed by atoms with van der Waals surface area (Å²) in [6.07, 6.45) is 3.61. The molecule has 0 spiro atoms. The van der Waals surface area contributed by atoms with Crippen LogP contribution in [0.3, 0.4) is 0 Å². The Bertz CT molecular complexity index is 520. The second-order valence-electron chi connectivity index (χ2n) is 3.69. The first-order chi connectivity index (χ1) is 7.93. The van der Waals surface area contributed by atoms with Gasteiger partial charge in [-0.3, -0.25) is 0 Å². The van der Waals surface area contributed by atoms with Gasteiger partial charge >= 0.3 is 0 Å². The van der Waals surface area contributed by atoms with Crippen molar-refractivity contribution in [3.05, 3.63) is 54.2 Å². The largest absolute Gasteiger partial charge is 0.328 e. The van der Waals surface area contributed by atoms with Gasteiger partial charge in [0.05, 0.1) is 12.9 Å². The predicted molar refractivity (Wildman–Crippen MR) is 65.0 cm³/mol. The maximum atomic E-state index is 4.34. The summed E-state index contributed by atoms with van der Waals surface area (Å²) in [5.74, 6) is 0.828. The molecule has 0 fully saturated rings. The van der Waals surface area contributed by atoms with Gasteiger partial charge in [-0.1, -0.05) is 24.3 Å². The lowest BCUT2D eigenvalue weighted by molar-refractivity contribution is 0.976. The van der Waals surface area contributed by atoms with Gasteiger partial charge in [0, 0.05) is 17.4 Å². The average Bonchev–Trinajstić information content (AvgIpc) is 2.39. The lowest BCUT2D eigenvalue weighted by Gasteiger charge is -2.23. The monoisotopic (exact) mass is 209 g/mol. The first-order valence-corrected chi connectivity index (χ1v) is 5.23. The number of para-hydroxylation sites is 1. The van der Waals surface area contributed by atoms with E-state index >= 15 is 0 Å². The van der Waals surface area contributed by atoms with E-state index in [1.807, 2.05) is 30.6 Å². The molecule has 2 aromatic rings. The van der Waals surface area contributed by atoms with E-state index in [4.69, 9.17) is 0 Å². The van der Waals surface area contributed by atoms with Gasteiger partial charge in [0.1, 0.15) is 0 Å². The highest BCUT2D eigenvalue weighted by Gasteiger charge is 2.12. The Morgan fingerprint density at radius 2 is 1.88 bits per heavy atom. The highest BCUT2D eigenvalue weighted by molar-refractivity contribution is 5.83.